The molecule has 1 aliphatic rings. The van der Waals surface area contributed by atoms with Crippen molar-refractivity contribution in [2.75, 3.05) is 11.4 Å². The van der Waals surface area contributed by atoms with Gasteiger partial charge in [-0.2, -0.15) is 0 Å². The van der Waals surface area contributed by atoms with Gasteiger partial charge in [0.2, 0.25) is 11.9 Å². The molecule has 0 aliphatic carbocycles. The summed E-state index contributed by atoms with van der Waals surface area (Å²) in [7, 11) is 0. The molecule has 1 unspecified atom stereocenters. The summed E-state index contributed by atoms with van der Waals surface area (Å²) in [6.07, 6.45) is 2.60. The van der Waals surface area contributed by atoms with Gasteiger partial charge in [0.15, 0.2) is 5.76 Å². The molecule has 6 heteroatoms. The Labute approximate surface area is 103 Å². The van der Waals surface area contributed by atoms with Crippen LogP contribution in [-0.4, -0.2) is 33.6 Å². The van der Waals surface area contributed by atoms with Crippen LogP contribution >= 0.6 is 0 Å². The summed E-state index contributed by atoms with van der Waals surface area (Å²) in [5, 5.41) is 9.45. The molecule has 1 N–H and O–H groups in total. The van der Waals surface area contributed by atoms with Gasteiger partial charge in [-0.05, 0) is 18.2 Å². The van der Waals surface area contributed by atoms with Crippen molar-refractivity contribution in [3.05, 3.63) is 30.7 Å². The third-order valence-corrected chi connectivity index (χ3v) is 2.76. The fourth-order valence-electron chi connectivity index (χ4n) is 1.92. The Morgan fingerprint density at radius 1 is 1.44 bits per heavy atom. The number of hydrogen-bond donors (Lipinski definition) is 1. The van der Waals surface area contributed by atoms with Crippen LogP contribution in [0, 0.1) is 0 Å². The van der Waals surface area contributed by atoms with Gasteiger partial charge in [-0.15, -0.1) is 0 Å². The monoisotopic (exact) mass is 245 g/mol. The first kappa shape index (κ1) is 10.9. The van der Waals surface area contributed by atoms with E-state index in [9.17, 15) is 9.90 Å². The van der Waals surface area contributed by atoms with Crippen molar-refractivity contribution in [2.45, 2.75) is 12.5 Å². The second kappa shape index (κ2) is 4.23. The highest BCUT2D eigenvalue weighted by molar-refractivity contribution is 5.94. The summed E-state index contributed by atoms with van der Waals surface area (Å²) in [6.45, 7) is 0.237. The van der Waals surface area contributed by atoms with Crippen molar-refractivity contribution in [2.24, 2.45) is 0 Å². The van der Waals surface area contributed by atoms with E-state index in [0.29, 0.717) is 17.4 Å². The summed E-state index contributed by atoms with van der Waals surface area (Å²) in [6, 6.07) is 5.26. The van der Waals surface area contributed by atoms with Crippen LogP contribution in [0.25, 0.3) is 11.5 Å². The molecule has 0 radical (unpaired) electrons. The number of aliphatic hydroxyl groups excluding tert-OH is 1. The largest absolute Gasteiger partial charge is 0.463 e. The van der Waals surface area contributed by atoms with Crippen molar-refractivity contribution < 1.29 is 14.3 Å². The van der Waals surface area contributed by atoms with Gasteiger partial charge >= 0.3 is 0 Å². The van der Waals surface area contributed by atoms with Crippen LogP contribution < -0.4 is 4.90 Å². The molecule has 3 rings (SSSR count). The Morgan fingerprint density at radius 3 is 3.00 bits per heavy atom. The molecule has 0 bridgehead atoms. The van der Waals surface area contributed by atoms with Crippen molar-refractivity contribution >= 4 is 11.9 Å². The summed E-state index contributed by atoms with van der Waals surface area (Å²) < 4.78 is 5.24. The van der Waals surface area contributed by atoms with E-state index in [2.05, 4.69) is 9.97 Å². The number of anilines is 1. The lowest BCUT2D eigenvalue weighted by Crippen LogP contribution is -2.27. The number of aromatic nitrogens is 2. The fraction of sp³-hybridized carbons (Fsp3) is 0.250. The zero-order valence-electron chi connectivity index (χ0n) is 9.48. The highest BCUT2D eigenvalue weighted by Crippen LogP contribution is 2.22. The van der Waals surface area contributed by atoms with Crippen LogP contribution in [0.3, 0.4) is 0 Å². The van der Waals surface area contributed by atoms with Gasteiger partial charge in [0.1, 0.15) is 5.69 Å². The Morgan fingerprint density at radius 2 is 2.33 bits per heavy atom. The third-order valence-electron chi connectivity index (χ3n) is 2.76. The number of carbonyl (C=O) groups excluding carboxylic acids is 1. The van der Waals surface area contributed by atoms with E-state index in [1.807, 2.05) is 0 Å². The van der Waals surface area contributed by atoms with Crippen molar-refractivity contribution in [3.63, 3.8) is 0 Å². The van der Waals surface area contributed by atoms with Crippen LogP contribution in [0.5, 0.6) is 0 Å². The third kappa shape index (κ3) is 1.86. The van der Waals surface area contributed by atoms with Crippen LogP contribution in [-0.2, 0) is 4.79 Å². The molecular weight excluding hydrogens is 234 g/mol. The second-order valence-corrected chi connectivity index (χ2v) is 4.08. The van der Waals surface area contributed by atoms with Gasteiger partial charge in [0, 0.05) is 6.20 Å². The Bertz CT molecular complexity index is 568. The maximum Gasteiger partial charge on any atom is 0.232 e. The minimum Gasteiger partial charge on any atom is -0.463 e. The predicted molar refractivity (Wildman–Crippen MR) is 62.7 cm³/mol. The fourth-order valence-corrected chi connectivity index (χ4v) is 1.92. The lowest BCUT2D eigenvalue weighted by Gasteiger charge is -2.13. The molecule has 3 heterocycles. The van der Waals surface area contributed by atoms with Gasteiger partial charge in [-0.25, -0.2) is 9.97 Å². The van der Waals surface area contributed by atoms with Gasteiger partial charge in [0.05, 0.1) is 25.3 Å². The number of hydrogen-bond acceptors (Lipinski definition) is 5. The Hall–Kier alpha value is -2.21. The lowest BCUT2D eigenvalue weighted by atomic mass is 10.3. The van der Waals surface area contributed by atoms with Crippen LogP contribution in [0.4, 0.5) is 5.95 Å². The Balaban J connectivity index is 1.94. The molecule has 1 aliphatic heterocycles. The quantitative estimate of drug-likeness (QED) is 0.847. The van der Waals surface area contributed by atoms with Crippen LogP contribution in [0.2, 0.25) is 0 Å². The molecule has 1 atom stereocenters. The molecule has 18 heavy (non-hydrogen) atoms. The van der Waals surface area contributed by atoms with Gasteiger partial charge in [-0.1, -0.05) is 0 Å². The minimum atomic E-state index is -0.645. The number of furan rings is 1. The summed E-state index contributed by atoms with van der Waals surface area (Å²) in [5.41, 5.74) is 0.610. The highest BCUT2D eigenvalue weighted by Gasteiger charge is 2.30. The predicted octanol–water partition coefficient (Wildman–Crippen LogP) is 0.834. The smallest absolute Gasteiger partial charge is 0.232 e. The van der Waals surface area contributed by atoms with Crippen molar-refractivity contribution in [1.29, 1.82) is 0 Å². The van der Waals surface area contributed by atoms with Gasteiger partial charge in [-0.3, -0.25) is 9.69 Å². The lowest BCUT2D eigenvalue weighted by molar-refractivity contribution is -0.117. The van der Waals surface area contributed by atoms with E-state index in [1.54, 1.807) is 30.7 Å². The average Bonchev–Trinajstić information content (AvgIpc) is 2.99. The average molecular weight is 245 g/mol. The zero-order valence-corrected chi connectivity index (χ0v) is 9.48. The first-order chi connectivity index (χ1) is 8.74. The van der Waals surface area contributed by atoms with Crippen LogP contribution in [0.15, 0.2) is 35.1 Å². The molecular formula is C12H11N3O3. The maximum atomic E-state index is 11.6. The maximum absolute atomic E-state index is 11.6. The van der Waals surface area contributed by atoms with Crippen molar-refractivity contribution in [3.8, 4) is 11.5 Å². The Kier molecular flexibility index (Phi) is 2.56. The molecule has 92 valence electrons. The zero-order chi connectivity index (χ0) is 12.5. The first-order valence-corrected chi connectivity index (χ1v) is 5.59. The van der Waals surface area contributed by atoms with Gasteiger partial charge < -0.3 is 9.52 Å². The molecule has 2 aromatic rings. The number of amides is 1. The van der Waals surface area contributed by atoms with E-state index in [-0.39, 0.29) is 18.9 Å². The van der Waals surface area contributed by atoms with Crippen LogP contribution in [0.1, 0.15) is 6.42 Å². The molecule has 0 aromatic carbocycles. The van der Waals surface area contributed by atoms with Crippen molar-refractivity contribution in [1.82, 2.24) is 9.97 Å². The normalized spacial score (nSPS) is 19.5. The van der Waals surface area contributed by atoms with E-state index in [1.165, 1.54) is 4.90 Å². The van der Waals surface area contributed by atoms with Gasteiger partial charge in [0.25, 0.3) is 0 Å². The minimum absolute atomic E-state index is 0.119. The first-order valence-electron chi connectivity index (χ1n) is 5.59. The summed E-state index contributed by atoms with van der Waals surface area (Å²) in [5.74, 6) is 0.746. The highest BCUT2D eigenvalue weighted by atomic mass is 16.3. The summed E-state index contributed by atoms with van der Waals surface area (Å²) >= 11 is 0. The van der Waals surface area contributed by atoms with E-state index in [0.717, 1.165) is 0 Å². The SMILES string of the molecule is O=C1CC(O)CN1c1nccc(-c2ccco2)n1. The second-order valence-electron chi connectivity index (χ2n) is 4.08. The topological polar surface area (TPSA) is 79.5 Å². The van der Waals surface area contributed by atoms with E-state index < -0.39 is 6.10 Å². The molecule has 6 nitrogen and oxygen atoms in total. The molecule has 0 saturated carbocycles. The molecule has 1 amide bonds. The molecule has 0 spiro atoms. The number of carbonyl (C=O) groups is 1. The number of aliphatic hydroxyl groups is 1. The molecule has 1 fully saturated rings. The molecule has 1 saturated heterocycles. The number of β-amino-alcohol motifs (C(OH)–C–C–N with tert-alkyl or cyclic N) is 1. The van der Waals surface area contributed by atoms with E-state index >= 15 is 0 Å². The summed E-state index contributed by atoms with van der Waals surface area (Å²) in [4.78, 5) is 21.4. The van der Waals surface area contributed by atoms with E-state index in [4.69, 9.17) is 4.42 Å². The number of rotatable bonds is 2. The number of nitrogens with zero attached hydrogens (tertiary/aromatic N) is 3. The molecule has 2 aromatic heterocycles. The standard InChI is InChI=1S/C12H11N3O3/c16-8-6-11(17)15(7-8)12-13-4-3-9(14-12)10-2-1-5-18-10/h1-5,8,16H,6-7H2.